The predicted octanol–water partition coefficient (Wildman–Crippen LogP) is 5.69. The summed E-state index contributed by atoms with van der Waals surface area (Å²) >= 11 is 0. The first kappa shape index (κ1) is 24.6. The Morgan fingerprint density at radius 3 is 1.56 bits per heavy atom. The number of carbonyl (C=O) groups is 1. The fourth-order valence-electron chi connectivity index (χ4n) is 2.65. The van der Waals surface area contributed by atoms with Crippen LogP contribution in [0.2, 0.25) is 0 Å². The van der Waals surface area contributed by atoms with E-state index in [0.29, 0.717) is 6.42 Å². The summed E-state index contributed by atoms with van der Waals surface area (Å²) in [5.41, 5.74) is 0. The normalized spacial score (nSPS) is 13.7. The van der Waals surface area contributed by atoms with Crippen LogP contribution in [0.1, 0.15) is 96.8 Å². The topological polar surface area (TPSA) is 93.1 Å². The summed E-state index contributed by atoms with van der Waals surface area (Å²) in [7, 11) is -4.21. The minimum Gasteiger partial charge on any atom is -0.480 e. The maximum Gasteiger partial charge on any atom is 0.472 e. The molecule has 0 heterocycles. The third-order valence-corrected chi connectivity index (χ3v) is 5.07. The van der Waals surface area contributed by atoms with Crippen molar-refractivity contribution in [1.29, 1.82) is 0 Å². The Balaban J connectivity index is 3.23. The van der Waals surface area contributed by atoms with Gasteiger partial charge in [-0.1, -0.05) is 90.4 Å². The van der Waals surface area contributed by atoms with Gasteiger partial charge in [-0.15, -0.1) is 0 Å². The van der Waals surface area contributed by atoms with Gasteiger partial charge in [0.25, 0.3) is 0 Å². The molecule has 0 bridgehead atoms. The summed E-state index contributed by atoms with van der Waals surface area (Å²) in [6.07, 6.45) is 17.3. The van der Waals surface area contributed by atoms with Crippen LogP contribution in [0.5, 0.6) is 0 Å². The fraction of sp³-hybridized carbons (Fsp3) is 0.944. The number of hydrogen-bond donors (Lipinski definition) is 2. The Morgan fingerprint density at radius 1 is 0.760 bits per heavy atom. The molecule has 0 radical (unpaired) electrons. The smallest absolute Gasteiger partial charge is 0.472 e. The molecule has 0 aliphatic carbocycles. The summed E-state index contributed by atoms with van der Waals surface area (Å²) < 4.78 is 20.3. The molecule has 0 rings (SSSR count). The largest absolute Gasteiger partial charge is 0.480 e. The van der Waals surface area contributed by atoms with E-state index in [4.69, 9.17) is 9.63 Å². The summed E-state index contributed by atoms with van der Waals surface area (Å²) in [6, 6.07) is 0. The first-order valence-corrected chi connectivity index (χ1v) is 11.3. The van der Waals surface area contributed by atoms with E-state index in [9.17, 15) is 14.3 Å². The van der Waals surface area contributed by atoms with Gasteiger partial charge >= 0.3 is 13.8 Å². The minimum atomic E-state index is -4.21. The lowest BCUT2D eigenvalue weighted by Crippen LogP contribution is -2.07. The van der Waals surface area contributed by atoms with Crippen LogP contribution in [-0.2, 0) is 18.4 Å². The van der Waals surface area contributed by atoms with Gasteiger partial charge < -0.3 is 10.00 Å². The number of carboxylic acids is 1. The van der Waals surface area contributed by atoms with Crippen LogP contribution in [0.25, 0.3) is 0 Å². The van der Waals surface area contributed by atoms with E-state index in [1.54, 1.807) is 0 Å². The van der Waals surface area contributed by atoms with Gasteiger partial charge in [-0.2, -0.15) is 0 Å². The van der Waals surface area contributed by atoms with Crippen molar-refractivity contribution < 1.29 is 28.4 Å². The number of phosphoric ester groups is 1. The zero-order chi connectivity index (χ0) is 18.8. The van der Waals surface area contributed by atoms with Gasteiger partial charge in [-0.3, -0.25) is 9.05 Å². The molecule has 6 nitrogen and oxygen atoms in total. The van der Waals surface area contributed by atoms with Crippen LogP contribution in [0.15, 0.2) is 0 Å². The highest BCUT2D eigenvalue weighted by atomic mass is 31.2. The Hall–Kier alpha value is -0.420. The minimum absolute atomic E-state index is 0.116. The standard InChI is InChI=1S/C18H37O6P/c1-2-3-4-5-6-7-8-9-10-11-12-13-14-15-16-23-25(21,22)24-17-18(19)20/h2-17H2,1H3,(H,19,20)(H,21,22). The summed E-state index contributed by atoms with van der Waals surface area (Å²) in [4.78, 5) is 19.5. The molecule has 0 saturated heterocycles. The second-order valence-corrected chi connectivity index (χ2v) is 8.02. The number of unbranched alkanes of at least 4 members (excludes halogenated alkanes) is 13. The van der Waals surface area contributed by atoms with Crippen molar-refractivity contribution in [2.45, 2.75) is 96.8 Å². The first-order valence-electron chi connectivity index (χ1n) is 9.81. The van der Waals surface area contributed by atoms with E-state index in [-0.39, 0.29) is 6.61 Å². The van der Waals surface area contributed by atoms with Crippen molar-refractivity contribution in [3.05, 3.63) is 0 Å². The number of phosphoric acid groups is 1. The molecular weight excluding hydrogens is 343 g/mol. The molecule has 1 atom stereocenters. The quantitative estimate of drug-likeness (QED) is 0.221. The summed E-state index contributed by atoms with van der Waals surface area (Å²) in [5, 5.41) is 8.37. The monoisotopic (exact) mass is 380 g/mol. The van der Waals surface area contributed by atoms with Crippen molar-refractivity contribution >= 4 is 13.8 Å². The molecule has 0 spiro atoms. The lowest BCUT2D eigenvalue weighted by Gasteiger charge is -2.10. The van der Waals surface area contributed by atoms with Gasteiger partial charge in [-0.25, -0.2) is 9.36 Å². The Bertz CT molecular complexity index is 361. The van der Waals surface area contributed by atoms with Gasteiger partial charge in [0.05, 0.1) is 6.61 Å². The van der Waals surface area contributed by atoms with Crippen LogP contribution in [0, 0.1) is 0 Å². The molecule has 0 saturated carbocycles. The molecule has 0 aromatic heterocycles. The van der Waals surface area contributed by atoms with Gasteiger partial charge in [0.2, 0.25) is 0 Å². The van der Waals surface area contributed by atoms with Crippen molar-refractivity contribution in [3.8, 4) is 0 Å². The maximum absolute atomic E-state index is 11.3. The van der Waals surface area contributed by atoms with Crippen LogP contribution in [0.3, 0.4) is 0 Å². The molecule has 150 valence electrons. The summed E-state index contributed by atoms with van der Waals surface area (Å²) in [5.74, 6) is -1.30. The van der Waals surface area contributed by atoms with E-state index < -0.39 is 20.4 Å². The number of rotatable bonds is 19. The average molecular weight is 380 g/mol. The molecule has 25 heavy (non-hydrogen) atoms. The third-order valence-electron chi connectivity index (χ3n) is 4.10. The molecule has 0 amide bonds. The van der Waals surface area contributed by atoms with Crippen molar-refractivity contribution in [1.82, 2.24) is 0 Å². The van der Waals surface area contributed by atoms with Crippen molar-refractivity contribution in [3.63, 3.8) is 0 Å². The van der Waals surface area contributed by atoms with Crippen LogP contribution >= 0.6 is 7.82 Å². The summed E-state index contributed by atoms with van der Waals surface area (Å²) in [6.45, 7) is 1.53. The number of hydrogen-bond acceptors (Lipinski definition) is 4. The lowest BCUT2D eigenvalue weighted by atomic mass is 10.0. The van der Waals surface area contributed by atoms with Crippen molar-refractivity contribution in [2.24, 2.45) is 0 Å². The zero-order valence-electron chi connectivity index (χ0n) is 15.8. The van der Waals surface area contributed by atoms with E-state index in [2.05, 4.69) is 11.4 Å². The second kappa shape index (κ2) is 17.0. The van der Waals surface area contributed by atoms with E-state index in [0.717, 1.165) is 12.8 Å². The van der Waals surface area contributed by atoms with Crippen molar-refractivity contribution in [2.75, 3.05) is 13.2 Å². The molecule has 1 unspecified atom stereocenters. The molecule has 7 heteroatoms. The first-order chi connectivity index (χ1) is 12.0. The van der Waals surface area contributed by atoms with E-state index >= 15 is 0 Å². The zero-order valence-corrected chi connectivity index (χ0v) is 16.7. The fourth-order valence-corrected chi connectivity index (χ4v) is 3.36. The van der Waals surface area contributed by atoms with Crippen LogP contribution < -0.4 is 0 Å². The maximum atomic E-state index is 11.3. The highest BCUT2D eigenvalue weighted by Crippen LogP contribution is 2.43. The molecule has 0 aliphatic heterocycles. The predicted molar refractivity (Wildman–Crippen MR) is 99.7 cm³/mol. The number of aliphatic carboxylic acids is 1. The lowest BCUT2D eigenvalue weighted by molar-refractivity contribution is -0.139. The molecular formula is C18H37O6P. The van der Waals surface area contributed by atoms with Gasteiger partial charge in [0.15, 0.2) is 6.61 Å². The molecule has 0 aromatic carbocycles. The average Bonchev–Trinajstić information content (AvgIpc) is 2.56. The Kier molecular flexibility index (Phi) is 16.7. The molecule has 0 fully saturated rings. The molecule has 2 N–H and O–H groups in total. The second-order valence-electron chi connectivity index (χ2n) is 6.57. The Morgan fingerprint density at radius 2 is 1.16 bits per heavy atom. The third kappa shape index (κ3) is 19.7. The Labute approximate surface area is 152 Å². The highest BCUT2D eigenvalue weighted by Gasteiger charge is 2.21. The highest BCUT2D eigenvalue weighted by molar-refractivity contribution is 7.47. The van der Waals surface area contributed by atoms with E-state index in [1.165, 1.54) is 70.6 Å². The van der Waals surface area contributed by atoms with Gasteiger partial charge in [0, 0.05) is 0 Å². The van der Waals surface area contributed by atoms with Crippen LogP contribution in [0.4, 0.5) is 0 Å². The van der Waals surface area contributed by atoms with Crippen LogP contribution in [-0.4, -0.2) is 29.2 Å². The van der Waals surface area contributed by atoms with Gasteiger partial charge in [-0.05, 0) is 6.42 Å². The number of carboxylic acid groups (broad SMARTS) is 1. The van der Waals surface area contributed by atoms with E-state index in [1.807, 2.05) is 0 Å². The molecule has 0 aliphatic rings. The SMILES string of the molecule is CCCCCCCCCCCCCCCCOP(=O)(O)OCC(=O)O. The molecule has 0 aromatic rings. The van der Waals surface area contributed by atoms with Gasteiger partial charge in [0.1, 0.15) is 0 Å².